The first-order chi connectivity index (χ1) is 6.36. The van der Waals surface area contributed by atoms with E-state index in [1.54, 1.807) is 7.11 Å². The summed E-state index contributed by atoms with van der Waals surface area (Å²) < 4.78 is 0. The molecule has 1 aromatic carbocycles. The van der Waals surface area contributed by atoms with E-state index in [9.17, 15) is 0 Å². The molecule has 74 valence electrons. The molecule has 0 fully saturated rings. The lowest BCUT2D eigenvalue weighted by molar-refractivity contribution is 0.271. The predicted octanol–water partition coefficient (Wildman–Crippen LogP) is 3.25. The molecule has 0 atom stereocenters. The average Bonchev–Trinajstić information content (AvgIpc) is 2.23. The van der Waals surface area contributed by atoms with E-state index in [-0.39, 0.29) is 0 Å². The molecule has 0 aliphatic carbocycles. The van der Waals surface area contributed by atoms with Crippen LogP contribution < -0.4 is 5.48 Å². The monoisotopic (exact) mass is 181 g/mol. The van der Waals surface area contributed by atoms with Crippen molar-refractivity contribution in [3.8, 4) is 0 Å². The zero-order valence-corrected chi connectivity index (χ0v) is 8.92. The largest absolute Gasteiger partial charge is 0.279 e. The Morgan fingerprint density at radius 2 is 1.69 bits per heavy atom. The molecule has 13 heavy (non-hydrogen) atoms. The van der Waals surface area contributed by atoms with E-state index < -0.39 is 0 Å². The maximum Gasteiger partial charge on any atom is 0.0636 e. The standard InChI is InChI=1S/C9H13NO.C2H6/c1-3-8-4-6-9(7-5-8)10-11-2;1-2/h4-7,10H,3H2,1-2H3;1-2H3. The summed E-state index contributed by atoms with van der Waals surface area (Å²) in [5.41, 5.74) is 5.09. The first-order valence-corrected chi connectivity index (χ1v) is 4.74. The summed E-state index contributed by atoms with van der Waals surface area (Å²) in [5, 5.41) is 0. The molecule has 0 heterocycles. The van der Waals surface area contributed by atoms with Crippen LogP contribution in [0.3, 0.4) is 0 Å². The summed E-state index contributed by atoms with van der Waals surface area (Å²) in [6.45, 7) is 6.14. The maximum absolute atomic E-state index is 4.75. The lowest BCUT2D eigenvalue weighted by Gasteiger charge is -2.02. The van der Waals surface area contributed by atoms with E-state index in [0.29, 0.717) is 0 Å². The minimum absolute atomic E-state index is 0.990. The van der Waals surface area contributed by atoms with Gasteiger partial charge in [0.05, 0.1) is 12.8 Å². The van der Waals surface area contributed by atoms with Gasteiger partial charge < -0.3 is 0 Å². The van der Waals surface area contributed by atoms with Crippen molar-refractivity contribution in [3.63, 3.8) is 0 Å². The molecule has 0 aliphatic rings. The Morgan fingerprint density at radius 3 is 2.08 bits per heavy atom. The van der Waals surface area contributed by atoms with E-state index >= 15 is 0 Å². The van der Waals surface area contributed by atoms with Gasteiger partial charge in [0.2, 0.25) is 0 Å². The summed E-state index contributed by atoms with van der Waals surface area (Å²) in [6.07, 6.45) is 1.08. The van der Waals surface area contributed by atoms with E-state index in [2.05, 4.69) is 24.5 Å². The van der Waals surface area contributed by atoms with Crippen LogP contribution in [0.25, 0.3) is 0 Å². The van der Waals surface area contributed by atoms with Gasteiger partial charge in [0.15, 0.2) is 0 Å². The van der Waals surface area contributed by atoms with Crippen molar-refractivity contribution in [2.75, 3.05) is 12.6 Å². The summed E-state index contributed by atoms with van der Waals surface area (Å²) in [5.74, 6) is 0. The van der Waals surface area contributed by atoms with Crippen LogP contribution in [0.1, 0.15) is 26.3 Å². The molecule has 2 heteroatoms. The van der Waals surface area contributed by atoms with Crippen molar-refractivity contribution in [3.05, 3.63) is 29.8 Å². The Labute approximate surface area is 80.9 Å². The zero-order valence-electron chi connectivity index (χ0n) is 8.92. The Kier molecular flexibility index (Phi) is 7.02. The number of anilines is 1. The van der Waals surface area contributed by atoms with Gasteiger partial charge in [-0.15, -0.1) is 0 Å². The molecule has 0 saturated carbocycles. The third kappa shape index (κ3) is 4.53. The first kappa shape index (κ1) is 12.0. The minimum Gasteiger partial charge on any atom is -0.279 e. The Balaban J connectivity index is 0.000000671. The Hall–Kier alpha value is -1.02. The zero-order chi connectivity index (χ0) is 10.1. The van der Waals surface area contributed by atoms with Crippen molar-refractivity contribution in [2.45, 2.75) is 27.2 Å². The van der Waals surface area contributed by atoms with E-state index in [4.69, 9.17) is 4.84 Å². The van der Waals surface area contributed by atoms with Gasteiger partial charge in [0, 0.05) is 0 Å². The van der Waals surface area contributed by atoms with Crippen LogP contribution in [-0.2, 0) is 11.3 Å². The van der Waals surface area contributed by atoms with Crippen LogP contribution in [-0.4, -0.2) is 7.11 Å². The summed E-state index contributed by atoms with van der Waals surface area (Å²) in [4.78, 5) is 4.75. The molecule has 1 aromatic rings. The van der Waals surface area contributed by atoms with Crippen LogP contribution in [0.4, 0.5) is 5.69 Å². The van der Waals surface area contributed by atoms with Crippen molar-refractivity contribution in [1.29, 1.82) is 0 Å². The Morgan fingerprint density at radius 1 is 1.15 bits per heavy atom. The van der Waals surface area contributed by atoms with Gasteiger partial charge in [-0.3, -0.25) is 10.3 Å². The molecule has 0 aliphatic heterocycles. The summed E-state index contributed by atoms with van der Waals surface area (Å²) >= 11 is 0. The summed E-state index contributed by atoms with van der Waals surface area (Å²) in [7, 11) is 1.60. The molecule has 1 N–H and O–H groups in total. The molecule has 2 nitrogen and oxygen atoms in total. The van der Waals surface area contributed by atoms with Crippen LogP contribution in [0.5, 0.6) is 0 Å². The number of hydrogen-bond acceptors (Lipinski definition) is 2. The second-order valence-electron chi connectivity index (χ2n) is 2.36. The average molecular weight is 181 g/mol. The van der Waals surface area contributed by atoms with Gasteiger partial charge >= 0.3 is 0 Å². The van der Waals surface area contributed by atoms with Crippen LogP contribution in [0.2, 0.25) is 0 Å². The molecule has 0 spiro atoms. The minimum atomic E-state index is 0.990. The number of rotatable bonds is 3. The molecule has 1 rings (SSSR count). The smallest absolute Gasteiger partial charge is 0.0636 e. The highest BCUT2D eigenvalue weighted by Gasteiger charge is 1.89. The van der Waals surface area contributed by atoms with Gasteiger partial charge in [-0.1, -0.05) is 32.9 Å². The van der Waals surface area contributed by atoms with Crippen molar-refractivity contribution in [1.82, 2.24) is 0 Å². The lowest BCUT2D eigenvalue weighted by atomic mass is 10.2. The van der Waals surface area contributed by atoms with Gasteiger partial charge in [-0.05, 0) is 24.1 Å². The molecule has 0 amide bonds. The third-order valence-corrected chi connectivity index (χ3v) is 1.58. The molecular formula is C11H19NO. The van der Waals surface area contributed by atoms with Gasteiger partial charge in [0.1, 0.15) is 0 Å². The fraction of sp³-hybridized carbons (Fsp3) is 0.455. The highest BCUT2D eigenvalue weighted by atomic mass is 16.6. The Bertz CT molecular complexity index is 206. The SMILES string of the molecule is CC.CCc1ccc(NOC)cc1. The third-order valence-electron chi connectivity index (χ3n) is 1.58. The highest BCUT2D eigenvalue weighted by Crippen LogP contribution is 2.08. The van der Waals surface area contributed by atoms with Crippen LogP contribution in [0, 0.1) is 0 Å². The molecular weight excluding hydrogens is 162 g/mol. The van der Waals surface area contributed by atoms with E-state index in [1.807, 2.05) is 26.0 Å². The van der Waals surface area contributed by atoms with Crippen LogP contribution in [0.15, 0.2) is 24.3 Å². The maximum atomic E-state index is 4.75. The molecule has 0 bridgehead atoms. The molecule has 0 unspecified atom stereocenters. The number of hydrogen-bond donors (Lipinski definition) is 1. The van der Waals surface area contributed by atoms with Gasteiger partial charge in [-0.25, -0.2) is 0 Å². The van der Waals surface area contributed by atoms with Crippen molar-refractivity contribution >= 4 is 5.69 Å². The summed E-state index contributed by atoms with van der Waals surface area (Å²) in [6, 6.07) is 8.17. The topological polar surface area (TPSA) is 21.3 Å². The predicted molar refractivity (Wildman–Crippen MR) is 57.8 cm³/mol. The number of benzene rings is 1. The number of aryl methyl sites for hydroxylation is 1. The fourth-order valence-electron chi connectivity index (χ4n) is 0.926. The van der Waals surface area contributed by atoms with E-state index in [1.165, 1.54) is 5.56 Å². The molecule has 0 radical (unpaired) electrons. The van der Waals surface area contributed by atoms with Gasteiger partial charge in [-0.2, -0.15) is 0 Å². The van der Waals surface area contributed by atoms with Crippen molar-refractivity contribution < 1.29 is 4.84 Å². The van der Waals surface area contributed by atoms with E-state index in [0.717, 1.165) is 12.1 Å². The number of nitrogens with one attached hydrogen (secondary N) is 1. The first-order valence-electron chi connectivity index (χ1n) is 4.74. The van der Waals surface area contributed by atoms with Crippen molar-refractivity contribution in [2.24, 2.45) is 0 Å². The van der Waals surface area contributed by atoms with Gasteiger partial charge in [0.25, 0.3) is 0 Å². The second-order valence-corrected chi connectivity index (χ2v) is 2.36. The quantitative estimate of drug-likeness (QED) is 0.723. The molecule has 0 aromatic heterocycles. The molecule has 0 saturated heterocycles. The highest BCUT2D eigenvalue weighted by molar-refractivity contribution is 5.42. The fourth-order valence-corrected chi connectivity index (χ4v) is 0.926. The second kappa shape index (κ2) is 7.62. The van der Waals surface area contributed by atoms with Crippen LogP contribution >= 0.6 is 0 Å². The normalized spacial score (nSPS) is 8.62. The lowest BCUT2D eigenvalue weighted by Crippen LogP contribution is -1.94.